The van der Waals surface area contributed by atoms with Crippen molar-refractivity contribution in [3.8, 4) is 11.4 Å². The van der Waals surface area contributed by atoms with Gasteiger partial charge in [0.1, 0.15) is 11.4 Å². The number of anilines is 1. The van der Waals surface area contributed by atoms with Gasteiger partial charge in [0, 0.05) is 30.5 Å². The van der Waals surface area contributed by atoms with E-state index in [0.717, 1.165) is 6.42 Å². The van der Waals surface area contributed by atoms with E-state index in [-0.39, 0.29) is 23.5 Å². The molecule has 0 radical (unpaired) electrons. The zero-order chi connectivity index (χ0) is 21.8. The van der Waals surface area contributed by atoms with E-state index in [1.54, 1.807) is 41.4 Å². The minimum absolute atomic E-state index is 0.0238. The Hall–Kier alpha value is -3.81. The Morgan fingerprint density at radius 2 is 1.90 bits per heavy atom. The molecule has 2 N–H and O–H groups in total. The number of nitrogens with one attached hydrogen (secondary N) is 2. The fraction of sp³-hybridized carbons (Fsp3) is 0.261. The van der Waals surface area contributed by atoms with Crippen LogP contribution >= 0.6 is 0 Å². The van der Waals surface area contributed by atoms with Crippen LogP contribution in [0.1, 0.15) is 40.6 Å². The molecule has 0 bridgehead atoms. The number of carbonyl (C=O) groups is 3. The standard InChI is InChI=1S/C23H23N5O3/c1-15(29)16-7-9-18(10-8-16)25-22(30)17-5-4-12-28(14-17)23(31)21-13-20(26-27-21)19-6-2-3-11-24-19/h2-3,6-11,13,17H,4-5,12,14H2,1H3,(H,25,30)(H,26,27)/t17-/m1/s1. The first-order valence-electron chi connectivity index (χ1n) is 10.2. The third-order valence-corrected chi connectivity index (χ3v) is 5.37. The SMILES string of the molecule is CC(=O)c1ccc(NC(=O)[C@@H]2CCCN(C(=O)c3cc(-c4ccccn4)n[nH]3)C2)cc1. The van der Waals surface area contributed by atoms with E-state index in [4.69, 9.17) is 0 Å². The number of ketones is 1. The number of H-pyrrole nitrogens is 1. The van der Waals surface area contributed by atoms with Gasteiger partial charge in [-0.2, -0.15) is 5.10 Å². The van der Waals surface area contributed by atoms with Crippen molar-refractivity contribution in [2.45, 2.75) is 19.8 Å². The first-order chi connectivity index (χ1) is 15.0. The summed E-state index contributed by atoms with van der Waals surface area (Å²) >= 11 is 0. The van der Waals surface area contributed by atoms with E-state index in [0.29, 0.717) is 47.8 Å². The van der Waals surface area contributed by atoms with Crippen molar-refractivity contribution < 1.29 is 14.4 Å². The Morgan fingerprint density at radius 1 is 1.10 bits per heavy atom. The number of likely N-dealkylation sites (tertiary alicyclic amines) is 1. The van der Waals surface area contributed by atoms with Crippen molar-refractivity contribution in [2.75, 3.05) is 18.4 Å². The zero-order valence-corrected chi connectivity index (χ0v) is 17.2. The van der Waals surface area contributed by atoms with Gasteiger partial charge < -0.3 is 10.2 Å². The van der Waals surface area contributed by atoms with Gasteiger partial charge in [0.2, 0.25) is 5.91 Å². The summed E-state index contributed by atoms with van der Waals surface area (Å²) in [5.41, 5.74) is 2.89. The predicted octanol–water partition coefficient (Wildman–Crippen LogP) is 3.17. The highest BCUT2D eigenvalue weighted by atomic mass is 16.2. The molecule has 0 unspecified atom stereocenters. The molecule has 8 nitrogen and oxygen atoms in total. The summed E-state index contributed by atoms with van der Waals surface area (Å²) in [6, 6.07) is 14.0. The van der Waals surface area contributed by atoms with Gasteiger partial charge in [0.25, 0.3) is 5.91 Å². The first-order valence-corrected chi connectivity index (χ1v) is 10.2. The Morgan fingerprint density at radius 3 is 2.61 bits per heavy atom. The lowest BCUT2D eigenvalue weighted by atomic mass is 9.96. The summed E-state index contributed by atoms with van der Waals surface area (Å²) in [5.74, 6) is -0.641. The van der Waals surface area contributed by atoms with Gasteiger partial charge in [0.15, 0.2) is 5.78 Å². The molecule has 4 rings (SSSR count). The van der Waals surface area contributed by atoms with Crippen LogP contribution in [0.4, 0.5) is 5.69 Å². The topological polar surface area (TPSA) is 108 Å². The van der Waals surface area contributed by atoms with Crippen molar-refractivity contribution in [3.63, 3.8) is 0 Å². The average Bonchev–Trinajstić information content (AvgIpc) is 3.30. The summed E-state index contributed by atoms with van der Waals surface area (Å²) in [7, 11) is 0. The number of rotatable bonds is 5. The van der Waals surface area contributed by atoms with Crippen LogP contribution in [-0.4, -0.2) is 50.8 Å². The molecule has 3 heterocycles. The molecule has 1 aromatic carbocycles. The van der Waals surface area contributed by atoms with Gasteiger partial charge in [-0.15, -0.1) is 0 Å². The number of piperidine rings is 1. The maximum Gasteiger partial charge on any atom is 0.271 e. The number of aromatic amines is 1. The molecule has 1 saturated heterocycles. The van der Waals surface area contributed by atoms with Gasteiger partial charge in [0.05, 0.1) is 11.6 Å². The van der Waals surface area contributed by atoms with Gasteiger partial charge >= 0.3 is 0 Å². The molecule has 2 amide bonds. The number of Topliss-reactive ketones (excluding diaryl/α,β-unsaturated/α-hetero) is 1. The molecular formula is C23H23N5O3. The number of hydrogen-bond donors (Lipinski definition) is 2. The van der Waals surface area contributed by atoms with Crippen molar-refractivity contribution >= 4 is 23.3 Å². The monoisotopic (exact) mass is 417 g/mol. The van der Waals surface area contributed by atoms with Crippen molar-refractivity contribution in [1.82, 2.24) is 20.1 Å². The maximum absolute atomic E-state index is 12.9. The number of aromatic nitrogens is 3. The number of hydrogen-bond acceptors (Lipinski definition) is 5. The third kappa shape index (κ3) is 4.69. The fourth-order valence-electron chi connectivity index (χ4n) is 3.66. The first kappa shape index (κ1) is 20.5. The van der Waals surface area contributed by atoms with Crippen LogP contribution in [0.25, 0.3) is 11.4 Å². The maximum atomic E-state index is 12.9. The quantitative estimate of drug-likeness (QED) is 0.620. The normalized spacial score (nSPS) is 16.0. The van der Waals surface area contributed by atoms with Crippen LogP contribution in [0, 0.1) is 5.92 Å². The van der Waals surface area contributed by atoms with E-state index in [1.807, 2.05) is 18.2 Å². The molecule has 2 aromatic heterocycles. The van der Waals surface area contributed by atoms with Crippen molar-refractivity contribution in [2.24, 2.45) is 5.92 Å². The van der Waals surface area contributed by atoms with Crippen molar-refractivity contribution in [1.29, 1.82) is 0 Å². The second kappa shape index (κ2) is 8.91. The van der Waals surface area contributed by atoms with Crippen LogP contribution in [0.2, 0.25) is 0 Å². The fourth-order valence-corrected chi connectivity index (χ4v) is 3.66. The lowest BCUT2D eigenvalue weighted by molar-refractivity contribution is -0.121. The highest BCUT2D eigenvalue weighted by Gasteiger charge is 2.30. The van der Waals surface area contributed by atoms with E-state index in [1.165, 1.54) is 6.92 Å². The summed E-state index contributed by atoms with van der Waals surface area (Å²) < 4.78 is 0. The third-order valence-electron chi connectivity index (χ3n) is 5.37. The molecule has 1 atom stereocenters. The predicted molar refractivity (Wildman–Crippen MR) is 116 cm³/mol. The molecule has 1 fully saturated rings. The van der Waals surface area contributed by atoms with Crippen LogP contribution in [-0.2, 0) is 4.79 Å². The van der Waals surface area contributed by atoms with E-state index < -0.39 is 0 Å². The minimum Gasteiger partial charge on any atom is -0.337 e. The van der Waals surface area contributed by atoms with Gasteiger partial charge in [-0.1, -0.05) is 6.07 Å². The van der Waals surface area contributed by atoms with E-state index in [2.05, 4.69) is 20.5 Å². The highest BCUT2D eigenvalue weighted by Crippen LogP contribution is 2.22. The smallest absolute Gasteiger partial charge is 0.271 e. The Bertz CT molecular complexity index is 1090. The number of nitrogens with zero attached hydrogens (tertiary/aromatic N) is 3. The molecule has 158 valence electrons. The van der Waals surface area contributed by atoms with Crippen LogP contribution in [0.15, 0.2) is 54.7 Å². The van der Waals surface area contributed by atoms with Crippen LogP contribution in [0.5, 0.6) is 0 Å². The zero-order valence-electron chi connectivity index (χ0n) is 17.2. The highest BCUT2D eigenvalue weighted by molar-refractivity contribution is 5.97. The molecule has 8 heteroatoms. The van der Waals surface area contributed by atoms with Gasteiger partial charge in [-0.25, -0.2) is 0 Å². The molecule has 3 aromatic rings. The second-order valence-corrected chi connectivity index (χ2v) is 7.59. The average molecular weight is 417 g/mol. The Kier molecular flexibility index (Phi) is 5.88. The number of pyridine rings is 1. The molecule has 0 saturated carbocycles. The summed E-state index contributed by atoms with van der Waals surface area (Å²) in [6.07, 6.45) is 3.13. The molecule has 31 heavy (non-hydrogen) atoms. The lowest BCUT2D eigenvalue weighted by Gasteiger charge is -2.31. The van der Waals surface area contributed by atoms with Gasteiger partial charge in [-0.3, -0.25) is 24.5 Å². The van der Waals surface area contributed by atoms with E-state index >= 15 is 0 Å². The second-order valence-electron chi connectivity index (χ2n) is 7.59. The largest absolute Gasteiger partial charge is 0.337 e. The molecule has 1 aliphatic rings. The molecule has 0 aliphatic carbocycles. The van der Waals surface area contributed by atoms with Gasteiger partial charge in [-0.05, 0) is 62.2 Å². The van der Waals surface area contributed by atoms with Crippen LogP contribution < -0.4 is 5.32 Å². The molecular weight excluding hydrogens is 394 g/mol. The number of carbonyl (C=O) groups excluding carboxylic acids is 3. The Balaban J connectivity index is 1.40. The molecule has 1 aliphatic heterocycles. The summed E-state index contributed by atoms with van der Waals surface area (Å²) in [4.78, 5) is 43.0. The Labute approximate surface area is 179 Å². The lowest BCUT2D eigenvalue weighted by Crippen LogP contribution is -2.43. The van der Waals surface area contributed by atoms with E-state index in [9.17, 15) is 14.4 Å². The summed E-state index contributed by atoms with van der Waals surface area (Å²) in [6.45, 7) is 2.43. The number of benzene rings is 1. The molecule has 0 spiro atoms. The summed E-state index contributed by atoms with van der Waals surface area (Å²) in [5, 5.41) is 9.87. The number of amides is 2. The van der Waals surface area contributed by atoms with Crippen molar-refractivity contribution in [3.05, 3.63) is 66.0 Å². The minimum atomic E-state index is -0.302. The van der Waals surface area contributed by atoms with Crippen LogP contribution in [0.3, 0.4) is 0 Å².